The molecule has 0 saturated carbocycles. The van der Waals surface area contributed by atoms with Crippen LogP contribution in [0.4, 0.5) is 0 Å². The summed E-state index contributed by atoms with van der Waals surface area (Å²) < 4.78 is 35.5. The van der Waals surface area contributed by atoms with E-state index in [1.807, 2.05) is 11.8 Å². The van der Waals surface area contributed by atoms with Crippen LogP contribution < -0.4 is 11.2 Å². The number of nitrogens with zero attached hydrogens (tertiary/aromatic N) is 1. The lowest BCUT2D eigenvalue weighted by Crippen LogP contribution is -2.38. The number of H-pyrrole nitrogens is 1. The SMILES string of the molecule is CC=Cc1cn([C@@H]2O[C@H](COP(=O)(O)OCCCOC(C)C(CCCCCCC)SCCCCCCCCCCCC)[C@@H](O)[C@H]2O)c(=O)[nH]c1=O. The van der Waals surface area contributed by atoms with E-state index in [1.165, 1.54) is 109 Å². The monoisotopic (exact) mass is 762 g/mol. The molecule has 2 heterocycles. The van der Waals surface area contributed by atoms with Crippen LogP contribution in [0.2, 0.25) is 0 Å². The lowest BCUT2D eigenvalue weighted by molar-refractivity contribution is -0.0554. The molecule has 1 aromatic rings. The molecule has 1 aliphatic rings. The molecule has 0 aliphatic carbocycles. The molecule has 51 heavy (non-hydrogen) atoms. The Kier molecular flexibility index (Phi) is 23.8. The van der Waals surface area contributed by atoms with Gasteiger partial charge < -0.3 is 24.6 Å². The fraction of sp³-hybridized carbons (Fsp3) is 0.838. The summed E-state index contributed by atoms with van der Waals surface area (Å²) in [7, 11) is -4.52. The summed E-state index contributed by atoms with van der Waals surface area (Å²) in [5, 5.41) is 21.4. The Labute approximate surface area is 309 Å². The molecule has 0 radical (unpaired) electrons. The van der Waals surface area contributed by atoms with Gasteiger partial charge in [0.05, 0.1) is 24.9 Å². The van der Waals surface area contributed by atoms with Crippen molar-refractivity contribution in [3.05, 3.63) is 38.7 Å². The minimum absolute atomic E-state index is 0.0471. The molecule has 12 nitrogen and oxygen atoms in total. The third-order valence-corrected chi connectivity index (χ3v) is 11.8. The van der Waals surface area contributed by atoms with E-state index in [1.54, 1.807) is 13.0 Å². The molecule has 2 rings (SSSR count). The summed E-state index contributed by atoms with van der Waals surface area (Å²) in [6.45, 7) is 8.01. The summed E-state index contributed by atoms with van der Waals surface area (Å²) in [5.41, 5.74) is -1.31. The van der Waals surface area contributed by atoms with Gasteiger partial charge in [0, 0.05) is 18.1 Å². The molecule has 1 fully saturated rings. The first kappa shape index (κ1) is 45.9. The van der Waals surface area contributed by atoms with Crippen LogP contribution in [-0.4, -0.2) is 79.9 Å². The van der Waals surface area contributed by atoms with Gasteiger partial charge in [-0.3, -0.25) is 23.4 Å². The van der Waals surface area contributed by atoms with E-state index in [0.29, 0.717) is 18.3 Å². The maximum Gasteiger partial charge on any atom is 0.472 e. The van der Waals surface area contributed by atoms with Crippen molar-refractivity contribution >= 4 is 25.7 Å². The van der Waals surface area contributed by atoms with E-state index < -0.39 is 50.2 Å². The molecular weight excluding hydrogens is 695 g/mol. The number of rotatable bonds is 30. The van der Waals surface area contributed by atoms with Crippen molar-refractivity contribution in [3.8, 4) is 0 Å². The van der Waals surface area contributed by atoms with Crippen LogP contribution in [0.3, 0.4) is 0 Å². The number of hydrogen-bond donors (Lipinski definition) is 4. The number of ether oxygens (including phenoxy) is 2. The van der Waals surface area contributed by atoms with E-state index in [0.717, 1.165) is 16.7 Å². The van der Waals surface area contributed by atoms with E-state index in [9.17, 15) is 29.3 Å². The average Bonchev–Trinajstić information content (AvgIpc) is 3.38. The molecule has 0 bridgehead atoms. The molecule has 14 heteroatoms. The predicted octanol–water partition coefficient (Wildman–Crippen LogP) is 7.50. The Morgan fingerprint density at radius 1 is 0.902 bits per heavy atom. The second-order valence-electron chi connectivity index (χ2n) is 13.6. The van der Waals surface area contributed by atoms with E-state index >= 15 is 0 Å². The molecule has 1 aromatic heterocycles. The molecule has 7 atom stereocenters. The van der Waals surface area contributed by atoms with E-state index in [4.69, 9.17) is 18.5 Å². The normalized spacial score (nSPS) is 21.7. The van der Waals surface area contributed by atoms with Crippen molar-refractivity contribution in [1.29, 1.82) is 0 Å². The fourth-order valence-corrected chi connectivity index (χ4v) is 8.26. The summed E-state index contributed by atoms with van der Waals surface area (Å²) in [6.07, 6.45) is 19.6. The van der Waals surface area contributed by atoms with Gasteiger partial charge in [-0.15, -0.1) is 0 Å². The maximum atomic E-state index is 12.6. The van der Waals surface area contributed by atoms with Gasteiger partial charge in [0.15, 0.2) is 6.23 Å². The number of phosphoric ester groups is 1. The summed E-state index contributed by atoms with van der Waals surface area (Å²) in [4.78, 5) is 36.8. The highest BCUT2D eigenvalue weighted by atomic mass is 32.2. The van der Waals surface area contributed by atoms with E-state index in [2.05, 4.69) is 25.8 Å². The first-order valence-electron chi connectivity index (χ1n) is 19.4. The highest BCUT2D eigenvalue weighted by molar-refractivity contribution is 7.99. The Morgan fingerprint density at radius 3 is 2.14 bits per heavy atom. The van der Waals surface area contributed by atoms with Crippen molar-refractivity contribution in [2.75, 3.05) is 25.6 Å². The van der Waals surface area contributed by atoms with Crippen LogP contribution >= 0.6 is 19.6 Å². The van der Waals surface area contributed by atoms with E-state index in [-0.39, 0.29) is 18.3 Å². The number of unbranched alkanes of at least 4 members (excludes halogenated alkanes) is 13. The molecule has 4 N–H and O–H groups in total. The Morgan fingerprint density at radius 2 is 1.51 bits per heavy atom. The van der Waals surface area contributed by atoms with Gasteiger partial charge in [0.2, 0.25) is 0 Å². The zero-order valence-corrected chi connectivity index (χ0v) is 33.3. The number of aromatic nitrogens is 2. The van der Waals surface area contributed by atoms with Crippen LogP contribution in [0.15, 0.2) is 21.9 Å². The van der Waals surface area contributed by atoms with Gasteiger partial charge in [0.25, 0.3) is 5.56 Å². The fourth-order valence-electron chi connectivity index (χ4n) is 6.13. The van der Waals surface area contributed by atoms with Crippen LogP contribution in [0.1, 0.15) is 149 Å². The molecule has 3 unspecified atom stereocenters. The van der Waals surface area contributed by atoms with Gasteiger partial charge in [-0.05, 0) is 38.9 Å². The first-order valence-corrected chi connectivity index (χ1v) is 21.9. The van der Waals surface area contributed by atoms with Crippen LogP contribution in [0.5, 0.6) is 0 Å². The highest BCUT2D eigenvalue weighted by Gasteiger charge is 2.45. The molecule has 1 saturated heterocycles. The summed E-state index contributed by atoms with van der Waals surface area (Å²) in [6, 6.07) is 0. The third-order valence-electron chi connectivity index (χ3n) is 9.22. The highest BCUT2D eigenvalue weighted by Crippen LogP contribution is 2.44. The molecule has 0 amide bonds. The minimum atomic E-state index is -4.52. The minimum Gasteiger partial charge on any atom is -0.387 e. The first-order chi connectivity index (χ1) is 24.5. The predicted molar refractivity (Wildman–Crippen MR) is 205 cm³/mol. The number of thioether (sulfide) groups is 1. The summed E-state index contributed by atoms with van der Waals surface area (Å²) in [5.74, 6) is 1.13. The van der Waals surface area contributed by atoms with Crippen molar-refractivity contribution in [1.82, 2.24) is 9.55 Å². The number of nitrogens with one attached hydrogen (secondary N) is 1. The second kappa shape index (κ2) is 26.5. The lowest BCUT2D eigenvalue weighted by Gasteiger charge is -2.24. The quantitative estimate of drug-likeness (QED) is 0.0452. The van der Waals surface area contributed by atoms with Gasteiger partial charge in [-0.1, -0.05) is 116 Å². The van der Waals surface area contributed by atoms with Crippen molar-refractivity contribution in [2.24, 2.45) is 0 Å². The maximum absolute atomic E-state index is 12.6. The van der Waals surface area contributed by atoms with Crippen LogP contribution in [-0.2, 0) is 23.1 Å². The lowest BCUT2D eigenvalue weighted by atomic mass is 10.1. The Hall–Kier alpha value is -1.28. The summed E-state index contributed by atoms with van der Waals surface area (Å²) >= 11 is 2.01. The number of allylic oxidation sites excluding steroid dienone is 1. The third kappa shape index (κ3) is 18.1. The van der Waals surface area contributed by atoms with Crippen LogP contribution in [0, 0.1) is 0 Å². The molecule has 1 aliphatic heterocycles. The Bertz CT molecular complexity index is 1260. The second-order valence-corrected chi connectivity index (χ2v) is 16.4. The largest absolute Gasteiger partial charge is 0.472 e. The zero-order chi connectivity index (χ0) is 37.5. The van der Waals surface area contributed by atoms with Crippen LogP contribution in [0.25, 0.3) is 6.08 Å². The number of aliphatic hydroxyl groups excluding tert-OH is 2. The van der Waals surface area contributed by atoms with Gasteiger partial charge >= 0.3 is 13.5 Å². The topological polar surface area (TPSA) is 170 Å². The number of aliphatic hydroxyl groups is 2. The van der Waals surface area contributed by atoms with Gasteiger partial charge in [-0.25, -0.2) is 9.36 Å². The molecule has 0 spiro atoms. The van der Waals surface area contributed by atoms with Gasteiger partial charge in [-0.2, -0.15) is 11.8 Å². The Balaban J connectivity index is 1.73. The van der Waals surface area contributed by atoms with Crippen molar-refractivity contribution < 1.29 is 38.2 Å². The van der Waals surface area contributed by atoms with Crippen molar-refractivity contribution in [3.63, 3.8) is 0 Å². The number of hydrogen-bond acceptors (Lipinski definition) is 10. The number of phosphoric acid groups is 1. The molecular formula is C37H67N2O10PS. The van der Waals surface area contributed by atoms with Gasteiger partial charge in [0.1, 0.15) is 18.3 Å². The smallest absolute Gasteiger partial charge is 0.387 e. The molecule has 296 valence electrons. The molecule has 0 aromatic carbocycles. The van der Waals surface area contributed by atoms with Crippen molar-refractivity contribution in [2.45, 2.75) is 173 Å². The standard InChI is InChI=1S/C37H67N2O10PS/c1-5-8-10-12-13-14-15-16-18-20-26-51-32(23-19-17-11-9-6-2)29(4)46-24-21-25-47-50(44,45)48-28-31-33(40)34(41)36(49-31)39-27-30(22-7-3)35(42)38-37(39)43/h7,22,27,29,31-34,36,40-41H,5-6,8-21,23-26,28H2,1-4H3,(H,44,45)(H,38,42,43)/t29?,31-,32?,33-,34-,36-/m1/s1. The number of aromatic amines is 1. The zero-order valence-electron chi connectivity index (χ0n) is 31.5. The average molecular weight is 763 g/mol.